The van der Waals surface area contributed by atoms with Crippen molar-refractivity contribution in [3.05, 3.63) is 24.4 Å². The SMILES string of the molecule is NC1CC(Nc2ccccn2)C1. The number of nitrogens with two attached hydrogens (primary N) is 1. The molecule has 0 saturated heterocycles. The van der Waals surface area contributed by atoms with Gasteiger partial charge >= 0.3 is 0 Å². The summed E-state index contributed by atoms with van der Waals surface area (Å²) in [4.78, 5) is 4.17. The molecule has 1 saturated carbocycles. The van der Waals surface area contributed by atoms with Crippen LogP contribution in [0, 0.1) is 0 Å². The second kappa shape index (κ2) is 3.11. The van der Waals surface area contributed by atoms with Crippen LogP contribution in [0.15, 0.2) is 24.4 Å². The number of hydrogen-bond acceptors (Lipinski definition) is 3. The van der Waals surface area contributed by atoms with E-state index >= 15 is 0 Å². The van der Waals surface area contributed by atoms with Crippen molar-refractivity contribution < 1.29 is 0 Å². The lowest BCUT2D eigenvalue weighted by Crippen LogP contribution is -2.44. The maximum Gasteiger partial charge on any atom is 0.126 e. The normalized spacial score (nSPS) is 27.8. The maximum absolute atomic E-state index is 5.66. The molecule has 12 heavy (non-hydrogen) atoms. The molecule has 0 amide bonds. The Morgan fingerprint density at radius 2 is 2.25 bits per heavy atom. The molecule has 3 heteroatoms. The molecule has 1 fully saturated rings. The minimum atomic E-state index is 0.395. The molecule has 0 radical (unpaired) electrons. The van der Waals surface area contributed by atoms with Crippen molar-refractivity contribution in [1.82, 2.24) is 4.98 Å². The largest absolute Gasteiger partial charge is 0.367 e. The highest BCUT2D eigenvalue weighted by Crippen LogP contribution is 2.20. The van der Waals surface area contributed by atoms with Gasteiger partial charge in [-0.25, -0.2) is 4.98 Å². The smallest absolute Gasteiger partial charge is 0.126 e. The van der Waals surface area contributed by atoms with Crippen molar-refractivity contribution in [3.63, 3.8) is 0 Å². The van der Waals surface area contributed by atoms with Crippen LogP contribution in [-0.2, 0) is 0 Å². The van der Waals surface area contributed by atoms with Gasteiger partial charge in [-0.2, -0.15) is 0 Å². The lowest BCUT2D eigenvalue weighted by Gasteiger charge is -2.33. The number of aromatic nitrogens is 1. The Bertz CT molecular complexity index is 241. The second-order valence-electron chi connectivity index (χ2n) is 3.29. The Balaban J connectivity index is 1.88. The molecule has 64 valence electrons. The molecule has 1 aromatic heterocycles. The van der Waals surface area contributed by atoms with E-state index in [-0.39, 0.29) is 0 Å². The quantitative estimate of drug-likeness (QED) is 0.683. The van der Waals surface area contributed by atoms with E-state index in [1.54, 1.807) is 6.20 Å². The number of pyridine rings is 1. The third-order valence-corrected chi connectivity index (χ3v) is 2.19. The van der Waals surface area contributed by atoms with Crippen molar-refractivity contribution in [2.24, 2.45) is 5.73 Å². The van der Waals surface area contributed by atoms with Gasteiger partial charge in [-0.3, -0.25) is 0 Å². The number of rotatable bonds is 2. The lowest BCUT2D eigenvalue weighted by molar-refractivity contribution is 0.373. The first-order valence-corrected chi connectivity index (χ1v) is 4.28. The molecule has 0 atom stereocenters. The monoisotopic (exact) mass is 163 g/mol. The summed E-state index contributed by atoms with van der Waals surface area (Å²) in [7, 11) is 0. The van der Waals surface area contributed by atoms with E-state index < -0.39 is 0 Å². The van der Waals surface area contributed by atoms with Gasteiger partial charge in [-0.15, -0.1) is 0 Å². The number of anilines is 1. The van der Waals surface area contributed by atoms with E-state index in [4.69, 9.17) is 5.73 Å². The van der Waals surface area contributed by atoms with Crippen molar-refractivity contribution in [2.75, 3.05) is 5.32 Å². The Morgan fingerprint density at radius 1 is 1.42 bits per heavy atom. The van der Waals surface area contributed by atoms with Gasteiger partial charge in [-0.05, 0) is 25.0 Å². The molecule has 2 rings (SSSR count). The third-order valence-electron chi connectivity index (χ3n) is 2.19. The van der Waals surface area contributed by atoms with Gasteiger partial charge < -0.3 is 11.1 Å². The van der Waals surface area contributed by atoms with Crippen LogP contribution in [-0.4, -0.2) is 17.1 Å². The molecule has 0 spiro atoms. The van der Waals surface area contributed by atoms with Gasteiger partial charge in [0.2, 0.25) is 0 Å². The van der Waals surface area contributed by atoms with Crippen LogP contribution >= 0.6 is 0 Å². The fourth-order valence-electron chi connectivity index (χ4n) is 1.44. The van der Waals surface area contributed by atoms with Gasteiger partial charge in [0.1, 0.15) is 5.82 Å². The average molecular weight is 163 g/mol. The van der Waals surface area contributed by atoms with Crippen LogP contribution in [0.1, 0.15) is 12.8 Å². The van der Waals surface area contributed by atoms with E-state index in [0.29, 0.717) is 12.1 Å². The highest BCUT2D eigenvalue weighted by Gasteiger charge is 2.25. The zero-order valence-electron chi connectivity index (χ0n) is 6.90. The third kappa shape index (κ3) is 1.56. The lowest BCUT2D eigenvalue weighted by atomic mass is 9.88. The summed E-state index contributed by atoms with van der Waals surface area (Å²) in [6, 6.07) is 6.80. The fourth-order valence-corrected chi connectivity index (χ4v) is 1.44. The van der Waals surface area contributed by atoms with Crippen molar-refractivity contribution >= 4 is 5.82 Å². The topological polar surface area (TPSA) is 50.9 Å². The molecule has 3 N–H and O–H groups in total. The van der Waals surface area contributed by atoms with E-state index in [1.807, 2.05) is 18.2 Å². The Morgan fingerprint density at radius 3 is 2.83 bits per heavy atom. The standard InChI is InChI=1S/C9H13N3/c10-7-5-8(6-7)12-9-3-1-2-4-11-9/h1-4,7-8H,5-6,10H2,(H,11,12). The molecular formula is C9H13N3. The molecule has 1 aliphatic carbocycles. The molecular weight excluding hydrogens is 150 g/mol. The molecule has 1 aromatic rings. The molecule has 0 unspecified atom stereocenters. The van der Waals surface area contributed by atoms with Gasteiger partial charge in [0, 0.05) is 18.3 Å². The van der Waals surface area contributed by atoms with Crippen molar-refractivity contribution in [3.8, 4) is 0 Å². The van der Waals surface area contributed by atoms with E-state index in [2.05, 4.69) is 10.3 Å². The predicted octanol–water partition coefficient (Wildman–Crippen LogP) is 0.983. The molecule has 1 aliphatic rings. The van der Waals surface area contributed by atoms with Gasteiger partial charge in [-0.1, -0.05) is 6.07 Å². The van der Waals surface area contributed by atoms with Gasteiger partial charge in [0.15, 0.2) is 0 Å². The average Bonchev–Trinajstić information content (AvgIpc) is 2.04. The highest BCUT2D eigenvalue weighted by molar-refractivity contribution is 5.35. The molecule has 3 nitrogen and oxygen atoms in total. The summed E-state index contributed by atoms with van der Waals surface area (Å²) < 4.78 is 0. The summed E-state index contributed by atoms with van der Waals surface area (Å²) in [5.41, 5.74) is 5.66. The van der Waals surface area contributed by atoms with Crippen LogP contribution in [0.3, 0.4) is 0 Å². The van der Waals surface area contributed by atoms with Crippen LogP contribution in [0.2, 0.25) is 0 Å². The minimum Gasteiger partial charge on any atom is -0.367 e. The number of hydrogen-bond donors (Lipinski definition) is 2. The molecule has 0 bridgehead atoms. The highest BCUT2D eigenvalue weighted by atomic mass is 15.0. The maximum atomic E-state index is 5.66. The van der Waals surface area contributed by atoms with Crippen LogP contribution in [0.25, 0.3) is 0 Å². The minimum absolute atomic E-state index is 0.395. The van der Waals surface area contributed by atoms with Gasteiger partial charge in [0.05, 0.1) is 0 Å². The van der Waals surface area contributed by atoms with Crippen LogP contribution in [0.5, 0.6) is 0 Å². The summed E-state index contributed by atoms with van der Waals surface area (Å²) >= 11 is 0. The zero-order chi connectivity index (χ0) is 8.39. The van der Waals surface area contributed by atoms with Crippen molar-refractivity contribution in [1.29, 1.82) is 0 Å². The van der Waals surface area contributed by atoms with E-state index in [9.17, 15) is 0 Å². The summed E-state index contributed by atoms with van der Waals surface area (Å²) in [6.07, 6.45) is 3.92. The first kappa shape index (κ1) is 7.55. The Kier molecular flexibility index (Phi) is 1.96. The molecule has 0 aliphatic heterocycles. The molecule has 0 aromatic carbocycles. The Labute approximate surface area is 72.0 Å². The number of nitrogens with zero attached hydrogens (tertiary/aromatic N) is 1. The van der Waals surface area contributed by atoms with E-state index in [1.165, 1.54) is 0 Å². The van der Waals surface area contributed by atoms with Crippen LogP contribution in [0.4, 0.5) is 5.82 Å². The first-order valence-electron chi connectivity index (χ1n) is 4.28. The first-order chi connectivity index (χ1) is 5.84. The fraction of sp³-hybridized carbons (Fsp3) is 0.444. The van der Waals surface area contributed by atoms with Gasteiger partial charge in [0.25, 0.3) is 0 Å². The summed E-state index contributed by atoms with van der Waals surface area (Å²) in [5.74, 6) is 0.953. The predicted molar refractivity (Wildman–Crippen MR) is 48.9 cm³/mol. The molecule has 1 heterocycles. The number of nitrogens with one attached hydrogen (secondary N) is 1. The second-order valence-corrected chi connectivity index (χ2v) is 3.29. The summed E-state index contributed by atoms with van der Waals surface area (Å²) in [6.45, 7) is 0. The zero-order valence-corrected chi connectivity index (χ0v) is 6.90. The van der Waals surface area contributed by atoms with Crippen LogP contribution < -0.4 is 11.1 Å². The van der Waals surface area contributed by atoms with Crippen molar-refractivity contribution in [2.45, 2.75) is 24.9 Å². The Hall–Kier alpha value is -1.09. The summed E-state index contributed by atoms with van der Waals surface area (Å²) in [5, 5.41) is 3.32. The van der Waals surface area contributed by atoms with E-state index in [0.717, 1.165) is 18.7 Å².